The van der Waals surface area contributed by atoms with E-state index in [4.69, 9.17) is 10.2 Å². The van der Waals surface area contributed by atoms with Crippen LogP contribution in [0.25, 0.3) is 0 Å². The van der Waals surface area contributed by atoms with Gasteiger partial charge in [0, 0.05) is 13.2 Å². The standard InChI is InChI=1S/C13H28O2/c1-3-4-5-6-7-8-9-13(11-15)12(2)10-14/h12-15H,3-11H2,1-2H3/t12-,13+/m1/s1. The predicted molar refractivity (Wildman–Crippen MR) is 64.8 cm³/mol. The van der Waals surface area contributed by atoms with E-state index in [0.717, 1.165) is 6.42 Å². The van der Waals surface area contributed by atoms with E-state index in [1.54, 1.807) is 0 Å². The van der Waals surface area contributed by atoms with Crippen molar-refractivity contribution in [2.75, 3.05) is 13.2 Å². The maximum Gasteiger partial charge on any atom is 0.0462 e. The summed E-state index contributed by atoms with van der Waals surface area (Å²) in [4.78, 5) is 0. The van der Waals surface area contributed by atoms with Crippen molar-refractivity contribution >= 4 is 0 Å². The maximum absolute atomic E-state index is 9.16. The molecule has 2 nitrogen and oxygen atoms in total. The number of hydrogen-bond donors (Lipinski definition) is 2. The third-order valence-electron chi connectivity index (χ3n) is 3.26. The third-order valence-corrected chi connectivity index (χ3v) is 3.26. The van der Waals surface area contributed by atoms with Gasteiger partial charge in [0.25, 0.3) is 0 Å². The van der Waals surface area contributed by atoms with Crippen LogP contribution in [0.15, 0.2) is 0 Å². The topological polar surface area (TPSA) is 40.5 Å². The van der Waals surface area contributed by atoms with Crippen molar-refractivity contribution in [3.05, 3.63) is 0 Å². The highest BCUT2D eigenvalue weighted by Crippen LogP contribution is 2.18. The summed E-state index contributed by atoms with van der Waals surface area (Å²) in [6, 6.07) is 0. The third kappa shape index (κ3) is 7.80. The molecule has 0 unspecified atom stereocenters. The molecule has 0 aliphatic heterocycles. The molecule has 0 radical (unpaired) electrons. The van der Waals surface area contributed by atoms with Crippen molar-refractivity contribution in [1.29, 1.82) is 0 Å². The van der Waals surface area contributed by atoms with E-state index < -0.39 is 0 Å². The Morgan fingerprint density at radius 3 is 2.00 bits per heavy atom. The molecule has 0 spiro atoms. The number of rotatable bonds is 10. The smallest absolute Gasteiger partial charge is 0.0462 e. The number of hydrogen-bond acceptors (Lipinski definition) is 2. The fourth-order valence-corrected chi connectivity index (χ4v) is 1.89. The highest BCUT2D eigenvalue weighted by molar-refractivity contribution is 4.64. The monoisotopic (exact) mass is 216 g/mol. The number of aliphatic hydroxyl groups is 2. The van der Waals surface area contributed by atoms with Crippen molar-refractivity contribution in [3.8, 4) is 0 Å². The average molecular weight is 216 g/mol. The average Bonchev–Trinajstić information content (AvgIpc) is 2.27. The lowest BCUT2D eigenvalue weighted by Gasteiger charge is -2.19. The SMILES string of the molecule is CCCCCCCC[C@@H](CO)[C@H](C)CO. The molecule has 0 heterocycles. The lowest BCUT2D eigenvalue weighted by molar-refractivity contribution is 0.122. The van der Waals surface area contributed by atoms with Crippen LogP contribution < -0.4 is 0 Å². The van der Waals surface area contributed by atoms with Gasteiger partial charge in [-0.25, -0.2) is 0 Å². The number of unbranched alkanes of at least 4 members (excludes halogenated alkanes) is 5. The molecule has 0 aromatic carbocycles. The number of aliphatic hydroxyl groups excluding tert-OH is 2. The van der Waals surface area contributed by atoms with Gasteiger partial charge in [0.15, 0.2) is 0 Å². The summed E-state index contributed by atoms with van der Waals surface area (Å²) in [6.45, 7) is 4.65. The zero-order chi connectivity index (χ0) is 11.5. The van der Waals surface area contributed by atoms with Crippen molar-refractivity contribution in [2.24, 2.45) is 11.8 Å². The Bertz CT molecular complexity index is 126. The summed E-state index contributed by atoms with van der Waals surface area (Å²) in [5.41, 5.74) is 0. The van der Waals surface area contributed by atoms with E-state index in [9.17, 15) is 0 Å². The zero-order valence-corrected chi connectivity index (χ0v) is 10.4. The molecule has 15 heavy (non-hydrogen) atoms. The van der Waals surface area contributed by atoms with Crippen LogP contribution in [0.4, 0.5) is 0 Å². The fourth-order valence-electron chi connectivity index (χ4n) is 1.89. The molecule has 92 valence electrons. The van der Waals surface area contributed by atoms with E-state index >= 15 is 0 Å². The van der Waals surface area contributed by atoms with Gasteiger partial charge >= 0.3 is 0 Å². The molecular weight excluding hydrogens is 188 g/mol. The first-order chi connectivity index (χ1) is 7.26. The van der Waals surface area contributed by atoms with Crippen LogP contribution in [0.2, 0.25) is 0 Å². The molecule has 0 saturated carbocycles. The van der Waals surface area contributed by atoms with Crippen LogP contribution >= 0.6 is 0 Å². The van der Waals surface area contributed by atoms with Gasteiger partial charge in [0.05, 0.1) is 0 Å². The molecule has 0 aliphatic carbocycles. The first kappa shape index (κ1) is 14.9. The molecule has 0 aliphatic rings. The molecule has 2 N–H and O–H groups in total. The Labute approximate surface area is 94.7 Å². The van der Waals surface area contributed by atoms with Crippen LogP contribution in [-0.2, 0) is 0 Å². The van der Waals surface area contributed by atoms with Gasteiger partial charge in [0.2, 0.25) is 0 Å². The second-order valence-corrected chi connectivity index (χ2v) is 4.66. The molecule has 0 amide bonds. The van der Waals surface area contributed by atoms with Crippen LogP contribution in [0.3, 0.4) is 0 Å². The van der Waals surface area contributed by atoms with Crippen molar-refractivity contribution in [2.45, 2.75) is 58.8 Å². The van der Waals surface area contributed by atoms with Gasteiger partial charge in [0.1, 0.15) is 0 Å². The lowest BCUT2D eigenvalue weighted by Crippen LogP contribution is -2.19. The van der Waals surface area contributed by atoms with Crippen molar-refractivity contribution in [1.82, 2.24) is 0 Å². The largest absolute Gasteiger partial charge is 0.396 e. The molecule has 0 rings (SSSR count). The van der Waals surface area contributed by atoms with E-state index in [-0.39, 0.29) is 19.1 Å². The molecular formula is C13H28O2. The quantitative estimate of drug-likeness (QED) is 0.551. The summed E-state index contributed by atoms with van der Waals surface area (Å²) >= 11 is 0. The summed E-state index contributed by atoms with van der Waals surface area (Å²) in [6.07, 6.45) is 8.82. The minimum absolute atomic E-state index is 0.195. The highest BCUT2D eigenvalue weighted by atomic mass is 16.3. The van der Waals surface area contributed by atoms with Gasteiger partial charge in [-0.1, -0.05) is 52.4 Å². The Balaban J connectivity index is 3.38. The Morgan fingerprint density at radius 2 is 1.47 bits per heavy atom. The van der Waals surface area contributed by atoms with Crippen molar-refractivity contribution < 1.29 is 10.2 Å². The summed E-state index contributed by atoms with van der Waals surface area (Å²) in [5, 5.41) is 18.2. The van der Waals surface area contributed by atoms with E-state index in [2.05, 4.69) is 6.92 Å². The molecule has 0 fully saturated rings. The van der Waals surface area contributed by atoms with E-state index in [1.807, 2.05) is 6.92 Å². The Hall–Kier alpha value is -0.0800. The van der Waals surface area contributed by atoms with Crippen LogP contribution in [-0.4, -0.2) is 23.4 Å². The van der Waals surface area contributed by atoms with Crippen LogP contribution in [0.5, 0.6) is 0 Å². The zero-order valence-electron chi connectivity index (χ0n) is 10.4. The van der Waals surface area contributed by atoms with Gasteiger partial charge in [-0.05, 0) is 18.3 Å². The van der Waals surface area contributed by atoms with Gasteiger partial charge in [-0.3, -0.25) is 0 Å². The van der Waals surface area contributed by atoms with Gasteiger partial charge < -0.3 is 10.2 Å². The van der Waals surface area contributed by atoms with Crippen molar-refractivity contribution in [3.63, 3.8) is 0 Å². The van der Waals surface area contributed by atoms with Crippen LogP contribution in [0.1, 0.15) is 58.8 Å². The Morgan fingerprint density at radius 1 is 0.867 bits per heavy atom. The minimum atomic E-state index is 0.195. The molecule has 0 aromatic heterocycles. The fraction of sp³-hybridized carbons (Fsp3) is 1.00. The lowest BCUT2D eigenvalue weighted by atomic mass is 9.90. The van der Waals surface area contributed by atoms with Gasteiger partial charge in [-0.2, -0.15) is 0 Å². The van der Waals surface area contributed by atoms with Gasteiger partial charge in [-0.15, -0.1) is 0 Å². The second kappa shape index (κ2) is 10.4. The maximum atomic E-state index is 9.16. The predicted octanol–water partition coefficient (Wildman–Crippen LogP) is 2.97. The Kier molecular flexibility index (Phi) is 10.4. The molecule has 0 aromatic rings. The molecule has 2 atom stereocenters. The highest BCUT2D eigenvalue weighted by Gasteiger charge is 2.14. The summed E-state index contributed by atoms with van der Waals surface area (Å²) < 4.78 is 0. The summed E-state index contributed by atoms with van der Waals surface area (Å²) in [5.74, 6) is 0.534. The van der Waals surface area contributed by atoms with E-state index in [0.29, 0.717) is 5.92 Å². The first-order valence-electron chi connectivity index (χ1n) is 6.47. The summed E-state index contributed by atoms with van der Waals surface area (Å²) in [7, 11) is 0. The second-order valence-electron chi connectivity index (χ2n) is 4.66. The molecule has 2 heteroatoms. The molecule has 0 bridgehead atoms. The van der Waals surface area contributed by atoms with E-state index in [1.165, 1.54) is 38.5 Å². The normalized spacial score (nSPS) is 15.2. The molecule has 0 saturated heterocycles. The minimum Gasteiger partial charge on any atom is -0.396 e. The van der Waals surface area contributed by atoms with Crippen LogP contribution in [0, 0.1) is 11.8 Å². The first-order valence-corrected chi connectivity index (χ1v) is 6.47.